The number of aliphatic hydroxyl groups is 3. The van der Waals surface area contributed by atoms with Gasteiger partial charge in [0.2, 0.25) is 6.41 Å². The fraction of sp³-hybridized carbons (Fsp3) is 0.692. The normalized spacial score (nSPS) is 33.3. The van der Waals surface area contributed by atoms with Gasteiger partial charge in [0.25, 0.3) is 0 Å². The van der Waals surface area contributed by atoms with Gasteiger partial charge in [0.05, 0.1) is 42.7 Å². The van der Waals surface area contributed by atoms with Crippen molar-refractivity contribution >= 4 is 24.1 Å². The molecule has 0 aromatic heterocycles. The van der Waals surface area contributed by atoms with E-state index in [9.17, 15) is 34.5 Å². The summed E-state index contributed by atoms with van der Waals surface area (Å²) >= 11 is 0. The standard InChI is InChI=1S/C52H83NO14/c1-32-16-14-18-47(58)66-51(38(7)50(65-13)34(3)21-24-43(56)36(5)45(63-11)17-15-25-53(8)31-54)35(4)19-22-40(55)29-44(57)33(2)20-23-41(61-9)30-46(64-12)37(6)52-49(60)39(28-48(59)67-52)27-42(26-32)62-10/h14-16,18-20,22-23,25,28,31,33-38,40-42,44-46,49-52,55,57,60H,17,21,24,26-27,29-30H2,1-13H3/b18-14+,22-19+,23-20+,25-15+,32-16+/t33?,34?,35?,36?,37?,38?,40?,41?,42?,44?,45?,46?,49-,50?,51?,52-/m0/s1. The molecule has 2 bridgehead atoms. The Morgan fingerprint density at radius 1 is 0.881 bits per heavy atom. The van der Waals surface area contributed by atoms with Crippen LogP contribution in [0.3, 0.4) is 0 Å². The summed E-state index contributed by atoms with van der Waals surface area (Å²) in [5.41, 5.74) is 1.35. The van der Waals surface area contributed by atoms with Gasteiger partial charge in [-0.1, -0.05) is 89.6 Å². The van der Waals surface area contributed by atoms with Crippen molar-refractivity contribution in [2.24, 2.45) is 35.5 Å². The Kier molecular flexibility index (Phi) is 27.1. The zero-order valence-electron chi connectivity index (χ0n) is 42.3. The van der Waals surface area contributed by atoms with E-state index < -0.39 is 84.6 Å². The largest absolute Gasteiger partial charge is 0.458 e. The molecule has 1 amide bonds. The summed E-state index contributed by atoms with van der Waals surface area (Å²) < 4.78 is 41.0. The van der Waals surface area contributed by atoms with E-state index in [-0.39, 0.29) is 48.9 Å². The van der Waals surface area contributed by atoms with E-state index in [1.54, 1.807) is 79.2 Å². The molecule has 14 unspecified atom stereocenters. The molecule has 0 aromatic rings. The van der Waals surface area contributed by atoms with E-state index >= 15 is 0 Å². The van der Waals surface area contributed by atoms with Crippen LogP contribution in [-0.2, 0) is 52.3 Å². The fourth-order valence-corrected chi connectivity index (χ4v) is 8.96. The van der Waals surface area contributed by atoms with Gasteiger partial charge in [0, 0.05) is 110 Å². The zero-order valence-corrected chi connectivity index (χ0v) is 42.3. The molecule has 2 aliphatic rings. The van der Waals surface area contributed by atoms with E-state index in [0.29, 0.717) is 37.7 Å². The predicted molar refractivity (Wildman–Crippen MR) is 256 cm³/mol. The highest BCUT2D eigenvalue weighted by atomic mass is 16.6. The summed E-state index contributed by atoms with van der Waals surface area (Å²) in [6.45, 7) is 13.3. The third-order valence-corrected chi connectivity index (χ3v) is 13.5. The number of methoxy groups -OCH3 is 5. The first-order valence-electron chi connectivity index (χ1n) is 23.6. The third kappa shape index (κ3) is 19.6. The SMILES string of the molecule is COC1/C=C/C(C)C(O)CC(O)/C=C/C(C)C(C(C)C(OC)C(C)CCC(=O)C(C)C(C/C=C/N(C)C=O)OC)OC(=O)/C=C/C=C(\C)CC(OC)CC2=CC(=O)O[C@@H](C(C)C(OC)C1)[C@H]2O. The quantitative estimate of drug-likeness (QED) is 0.0840. The van der Waals surface area contributed by atoms with Crippen LogP contribution in [0.4, 0.5) is 0 Å². The molecule has 3 N–H and O–H groups in total. The summed E-state index contributed by atoms with van der Waals surface area (Å²) in [6, 6.07) is 0. The predicted octanol–water partition coefficient (Wildman–Crippen LogP) is 6.25. The molecule has 67 heavy (non-hydrogen) atoms. The molecule has 0 radical (unpaired) electrons. The van der Waals surface area contributed by atoms with E-state index in [0.717, 1.165) is 5.57 Å². The highest BCUT2D eigenvalue weighted by Gasteiger charge is 2.40. The molecule has 0 saturated heterocycles. The van der Waals surface area contributed by atoms with E-state index in [2.05, 4.69) is 0 Å². The van der Waals surface area contributed by atoms with Crippen molar-refractivity contribution in [2.45, 2.75) is 154 Å². The summed E-state index contributed by atoms with van der Waals surface area (Å²) in [4.78, 5) is 52.2. The van der Waals surface area contributed by atoms with Crippen LogP contribution in [0.2, 0.25) is 0 Å². The van der Waals surface area contributed by atoms with Gasteiger partial charge in [-0.2, -0.15) is 0 Å². The van der Waals surface area contributed by atoms with Crippen LogP contribution in [-0.4, -0.2) is 148 Å². The maximum Gasteiger partial charge on any atom is 0.331 e. The van der Waals surface area contributed by atoms with Crippen molar-refractivity contribution in [3.05, 3.63) is 72.0 Å². The molecule has 0 spiro atoms. The average molecular weight is 946 g/mol. The number of hydrogen-bond acceptors (Lipinski definition) is 14. The molecule has 15 heteroatoms. The number of esters is 2. The number of hydrogen-bond donors (Lipinski definition) is 3. The van der Waals surface area contributed by atoms with Crippen molar-refractivity contribution in [1.82, 2.24) is 4.90 Å². The number of fused-ring (bicyclic) bond motifs is 2. The Morgan fingerprint density at radius 3 is 2.18 bits per heavy atom. The lowest BCUT2D eigenvalue weighted by Crippen LogP contribution is -2.46. The Labute approximate surface area is 400 Å². The number of amides is 1. The second kappa shape index (κ2) is 30.6. The van der Waals surface area contributed by atoms with Crippen LogP contribution in [0.1, 0.15) is 93.4 Å². The van der Waals surface area contributed by atoms with Crippen molar-refractivity contribution in [2.75, 3.05) is 42.6 Å². The summed E-state index contributed by atoms with van der Waals surface area (Å²) in [5, 5.41) is 33.8. The number of nitrogens with zero attached hydrogens (tertiary/aromatic N) is 1. The first-order chi connectivity index (χ1) is 31.7. The molecule has 2 aliphatic heterocycles. The van der Waals surface area contributed by atoms with Gasteiger partial charge in [-0.3, -0.25) is 9.59 Å². The second-order valence-electron chi connectivity index (χ2n) is 18.6. The highest BCUT2D eigenvalue weighted by Crippen LogP contribution is 2.33. The van der Waals surface area contributed by atoms with Crippen molar-refractivity contribution < 1.29 is 67.7 Å². The monoisotopic (exact) mass is 946 g/mol. The van der Waals surface area contributed by atoms with Crippen LogP contribution >= 0.6 is 0 Å². The average Bonchev–Trinajstić information content (AvgIpc) is 3.30. The number of cyclic esters (lactones) is 1. The number of ether oxygens (including phenoxy) is 7. The lowest BCUT2D eigenvalue weighted by atomic mass is 9.81. The molecule has 380 valence electrons. The molecule has 16 atom stereocenters. The minimum atomic E-state index is -1.11. The number of allylic oxidation sites excluding steroid dienone is 2. The Morgan fingerprint density at radius 2 is 1.57 bits per heavy atom. The maximum absolute atomic E-state index is 13.6. The van der Waals surface area contributed by atoms with Crippen LogP contribution in [0.5, 0.6) is 0 Å². The number of Topliss-reactive ketones (excluding diaryl/α,β-unsaturated/α-hetero) is 1. The zero-order chi connectivity index (χ0) is 50.4. The van der Waals surface area contributed by atoms with Gasteiger partial charge >= 0.3 is 11.9 Å². The molecule has 2 heterocycles. The second-order valence-corrected chi connectivity index (χ2v) is 18.6. The highest BCUT2D eigenvalue weighted by molar-refractivity contribution is 5.84. The lowest BCUT2D eigenvalue weighted by Gasteiger charge is -2.37. The van der Waals surface area contributed by atoms with Crippen LogP contribution in [0.25, 0.3) is 0 Å². The third-order valence-electron chi connectivity index (χ3n) is 13.5. The topological polar surface area (TPSA) is 197 Å². The van der Waals surface area contributed by atoms with Gasteiger partial charge in [-0.25, -0.2) is 9.59 Å². The van der Waals surface area contributed by atoms with Crippen LogP contribution < -0.4 is 0 Å². The Balaban J connectivity index is 2.46. The van der Waals surface area contributed by atoms with Crippen LogP contribution in [0.15, 0.2) is 72.0 Å². The van der Waals surface area contributed by atoms with E-state index in [4.69, 9.17) is 33.2 Å². The molecular formula is C52H83NO14. The first kappa shape index (κ1) is 59.3. The summed E-state index contributed by atoms with van der Waals surface area (Å²) in [6.07, 6.45) is 12.8. The maximum atomic E-state index is 13.6. The first-order valence-corrected chi connectivity index (χ1v) is 23.6. The van der Waals surface area contributed by atoms with Gasteiger partial charge < -0.3 is 53.4 Å². The van der Waals surface area contributed by atoms with Crippen LogP contribution in [0, 0.1) is 35.5 Å². The molecule has 15 nitrogen and oxygen atoms in total. The number of carbonyl (C=O) groups is 4. The minimum Gasteiger partial charge on any atom is -0.458 e. The smallest absolute Gasteiger partial charge is 0.331 e. The van der Waals surface area contributed by atoms with Crippen molar-refractivity contribution in [3.8, 4) is 0 Å². The van der Waals surface area contributed by atoms with Gasteiger partial charge in [-0.05, 0) is 44.1 Å². The molecular weight excluding hydrogens is 863 g/mol. The lowest BCUT2D eigenvalue weighted by molar-refractivity contribution is -0.160. The molecule has 0 fully saturated rings. The molecule has 0 aromatic carbocycles. The fourth-order valence-electron chi connectivity index (χ4n) is 8.96. The Hall–Kier alpha value is -3.80. The van der Waals surface area contributed by atoms with Crippen molar-refractivity contribution in [1.29, 1.82) is 0 Å². The minimum absolute atomic E-state index is 0.0312. The molecule has 0 aliphatic carbocycles. The number of carbonyl (C=O) groups excluding carboxylic acids is 4. The number of rotatable bonds is 17. The van der Waals surface area contributed by atoms with Gasteiger partial charge in [0.15, 0.2) is 0 Å². The molecule has 2 rings (SSSR count). The molecule has 0 saturated carbocycles. The summed E-state index contributed by atoms with van der Waals surface area (Å²) in [5.74, 6) is -3.22. The van der Waals surface area contributed by atoms with Gasteiger partial charge in [0.1, 0.15) is 24.1 Å². The van der Waals surface area contributed by atoms with E-state index in [1.807, 2.05) is 60.6 Å². The van der Waals surface area contributed by atoms with E-state index in [1.165, 1.54) is 17.1 Å². The van der Waals surface area contributed by atoms with Crippen molar-refractivity contribution in [3.63, 3.8) is 0 Å². The number of aliphatic hydroxyl groups excluding tert-OH is 3. The van der Waals surface area contributed by atoms with Gasteiger partial charge in [-0.15, -0.1) is 0 Å². The number of ketones is 1. The Bertz CT molecular complexity index is 1710. The summed E-state index contributed by atoms with van der Waals surface area (Å²) in [7, 11) is 9.48.